The Kier molecular flexibility index (Phi) is 176. The van der Waals surface area contributed by atoms with Gasteiger partial charge in [-0.3, -0.25) is 4.57 Å². The van der Waals surface area contributed by atoms with Crippen LogP contribution in [0.5, 0.6) is 0 Å². The van der Waals surface area contributed by atoms with Gasteiger partial charge in [0.2, 0.25) is 8.46 Å². The molecule has 0 aliphatic rings. The number of halogens is 1. The lowest BCUT2D eigenvalue weighted by Crippen LogP contribution is -1.52. The molecule has 10 heavy (non-hydrogen) atoms. The van der Waals surface area contributed by atoms with E-state index in [2.05, 4.69) is 12.2 Å². The van der Waals surface area contributed by atoms with Crippen LogP contribution < -0.4 is 0 Å². The molecule has 0 N–H and O–H groups in total. The van der Waals surface area contributed by atoms with E-state index in [0.29, 0.717) is 0 Å². The predicted octanol–water partition coefficient (Wildman–Crippen LogP) is 4.96. The van der Waals surface area contributed by atoms with Crippen LogP contribution in [-0.4, -0.2) is 4.86 Å². The molecule has 0 saturated heterocycles. The van der Waals surface area contributed by atoms with Crippen molar-refractivity contribution >= 4 is 25.5 Å². The van der Waals surface area contributed by atoms with Crippen molar-refractivity contribution in [2.24, 2.45) is 0 Å². The third kappa shape index (κ3) is 91.6. The van der Waals surface area contributed by atoms with E-state index in [-0.39, 0.29) is 38.6 Å². The summed E-state index contributed by atoms with van der Waals surface area (Å²) in [7, 11) is -0.688. The molecule has 0 fully saturated rings. The molecule has 70 valence electrons. The minimum atomic E-state index is -0.995. The van der Waals surface area contributed by atoms with Crippen LogP contribution in [0.3, 0.4) is 0 Å². The summed E-state index contributed by atoms with van der Waals surface area (Å²) in [6, 6.07) is 0. The van der Waals surface area contributed by atoms with Gasteiger partial charge in [-0.05, 0) is 12.2 Å². The quantitative estimate of drug-likeness (QED) is 0.333. The molecule has 0 unspecified atom stereocenters. The van der Waals surface area contributed by atoms with Crippen molar-refractivity contribution in [3.05, 3.63) is 0 Å². The summed E-state index contributed by atoms with van der Waals surface area (Å²) < 4.78 is 19.9. The Labute approximate surface area is 73.7 Å². The highest BCUT2D eigenvalue weighted by molar-refractivity contribution is 7.90. The first-order valence-corrected chi connectivity index (χ1v) is 2.02. The van der Waals surface area contributed by atoms with E-state index in [1.807, 2.05) is 0 Å². The second-order valence-corrected chi connectivity index (χ2v) is 1.58. The number of hydrogen-bond acceptors (Lipinski definition) is 2. The minimum absolute atomic E-state index is 0. The molecule has 0 spiro atoms. The average molecular weight is 194 g/mol. The molecule has 0 bridgehead atoms. The Balaban J connectivity index is -0.00000000533. The maximum atomic E-state index is 10.8. The van der Waals surface area contributed by atoms with Crippen LogP contribution in [0.25, 0.3) is 0 Å². The summed E-state index contributed by atoms with van der Waals surface area (Å²) in [6.07, 6.45) is 0. The summed E-state index contributed by atoms with van der Waals surface area (Å²) in [6.45, 7) is 0. The average Bonchev–Trinajstić information content (AvgIpc) is 1.38. The van der Waals surface area contributed by atoms with E-state index < -0.39 is 13.3 Å². The van der Waals surface area contributed by atoms with Crippen molar-refractivity contribution in [2.45, 2.75) is 37.1 Å². The normalized spacial score (nSPS) is 4.10. The van der Waals surface area contributed by atoms with Crippen LogP contribution in [0.15, 0.2) is 0 Å². The fourth-order valence-corrected chi connectivity index (χ4v) is 0. The Bertz CT molecular complexity index is 73.6. The van der Waals surface area contributed by atoms with E-state index >= 15 is 0 Å². The van der Waals surface area contributed by atoms with Gasteiger partial charge in [0.15, 0.2) is 0 Å². The number of rotatable bonds is 1. The highest BCUT2D eigenvalue weighted by Crippen LogP contribution is 1.95. The van der Waals surface area contributed by atoms with Crippen molar-refractivity contribution in [2.75, 3.05) is 0 Å². The molecule has 0 aromatic carbocycles. The first-order valence-electron chi connectivity index (χ1n) is 0.799. The molecule has 0 aliphatic carbocycles. The van der Waals surface area contributed by atoms with Crippen LogP contribution in [0, 0.1) is 0 Å². The summed E-state index contributed by atoms with van der Waals surface area (Å²) in [5.74, 6) is 0. The second kappa shape index (κ2) is 35.4. The maximum Gasteiger partial charge on any atom is 0.254 e. The lowest BCUT2D eigenvalue weighted by Gasteiger charge is -1.54. The summed E-state index contributed by atoms with van der Waals surface area (Å²) >= 11 is 3.71. The highest BCUT2D eigenvalue weighted by Gasteiger charge is 1.79. The van der Waals surface area contributed by atoms with Crippen LogP contribution in [0.4, 0.5) is 4.39 Å². The molecule has 4 heteroatoms. The monoisotopic (exact) mass is 194 g/mol. The van der Waals surface area contributed by atoms with Gasteiger partial charge >= 0.3 is 0 Å². The van der Waals surface area contributed by atoms with E-state index in [0.717, 1.165) is 0 Å². The van der Waals surface area contributed by atoms with Gasteiger partial charge in [0.25, 0.3) is 4.86 Å². The number of hydrogen-bond donors (Lipinski definition) is 0. The molecule has 0 rings (SSSR count). The molecule has 0 aromatic heterocycles. The van der Waals surface area contributed by atoms with Gasteiger partial charge in [0, 0.05) is 1.43 Å². The molecule has 1 nitrogen and oxygen atoms in total. The van der Waals surface area contributed by atoms with Gasteiger partial charge in [-0.1, -0.05) is 37.1 Å². The van der Waals surface area contributed by atoms with Gasteiger partial charge in [-0.2, -0.15) is 4.39 Å². The lowest BCUT2D eigenvalue weighted by atomic mass is 11.8. The van der Waals surface area contributed by atoms with E-state index in [1.54, 1.807) is 0 Å². The standard InChI is InChI=1S/CFOPS.5CH4.H2/c2-1(5)4-3;;;;;;/h;5*1H4;1H/i;;;;;;1+2. The molecule has 0 saturated carbocycles. The Hall–Kier alpha value is 0.120. The van der Waals surface area contributed by atoms with Crippen molar-refractivity contribution in [1.82, 2.24) is 0 Å². The number of thiocarbonyl (C=S) groups is 1. The fraction of sp³-hybridized carbons (Fsp3) is 0.833. The SMILES string of the molecule is C.C.C.C.C.O=PC(F)=S.[3HH]. The third-order valence-electron chi connectivity index (χ3n) is 0.0718. The second-order valence-electron chi connectivity index (χ2n) is 0.344. The van der Waals surface area contributed by atoms with Crippen LogP contribution in [0.1, 0.15) is 38.6 Å². The topological polar surface area (TPSA) is 17.1 Å². The largest absolute Gasteiger partial charge is 0.266 e. The Morgan fingerprint density at radius 2 is 1.30 bits per heavy atom. The van der Waals surface area contributed by atoms with Crippen LogP contribution in [0.2, 0.25) is 0 Å². The smallest absolute Gasteiger partial charge is 0.254 e. The van der Waals surface area contributed by atoms with Gasteiger partial charge in [0.05, 0.1) is 0 Å². The van der Waals surface area contributed by atoms with E-state index in [4.69, 9.17) is 4.57 Å². The Morgan fingerprint density at radius 1 is 1.20 bits per heavy atom. The lowest BCUT2D eigenvalue weighted by molar-refractivity contribution is 0.602. The molecule has 0 amide bonds. The zero-order valence-electron chi connectivity index (χ0n) is 2.14. The third-order valence-corrected chi connectivity index (χ3v) is 0.439. The molecule has 0 aliphatic heterocycles. The molecule has 0 aromatic rings. The highest BCUT2D eigenvalue weighted by atomic mass is 32.1. The fourth-order valence-electron chi connectivity index (χ4n) is 0. The zero-order valence-corrected chi connectivity index (χ0v) is 3.85. The first kappa shape index (κ1) is 49.6. The zero-order chi connectivity index (χ0) is 4.28. The van der Waals surface area contributed by atoms with Crippen LogP contribution in [-0.2, 0) is 4.57 Å². The van der Waals surface area contributed by atoms with Gasteiger partial charge in [-0.15, -0.1) is 0 Å². The first-order chi connectivity index (χ1) is 2.27. The minimum Gasteiger partial charge on any atom is -0.266 e. The summed E-state index contributed by atoms with van der Waals surface area (Å²) in [5.41, 5.74) is 0. The molecular weight excluding hydrogens is 170 g/mol. The predicted molar refractivity (Wildman–Crippen MR) is 57.1 cm³/mol. The van der Waals surface area contributed by atoms with Crippen molar-refractivity contribution in [1.29, 1.82) is 0 Å². The Morgan fingerprint density at radius 3 is 1.30 bits per heavy atom. The van der Waals surface area contributed by atoms with Gasteiger partial charge < -0.3 is 0 Å². The molecule has 0 radical (unpaired) electrons. The molecule has 0 atom stereocenters. The van der Waals surface area contributed by atoms with E-state index in [9.17, 15) is 4.39 Å². The van der Waals surface area contributed by atoms with Crippen molar-refractivity contribution < 1.29 is 10.4 Å². The maximum absolute atomic E-state index is 10.8. The van der Waals surface area contributed by atoms with Crippen LogP contribution >= 0.6 is 20.7 Å². The van der Waals surface area contributed by atoms with Crippen molar-refractivity contribution in [3.63, 3.8) is 0 Å². The van der Waals surface area contributed by atoms with E-state index in [1.165, 1.54) is 0 Å². The summed E-state index contributed by atoms with van der Waals surface area (Å²) in [4.78, 5) is -0.995. The van der Waals surface area contributed by atoms with Gasteiger partial charge in [0.1, 0.15) is 0 Å². The molecular formula is C6H22FOPS. The molecule has 0 heterocycles. The van der Waals surface area contributed by atoms with Crippen molar-refractivity contribution in [3.8, 4) is 0 Å². The van der Waals surface area contributed by atoms with Gasteiger partial charge in [-0.25, -0.2) is 0 Å². The summed E-state index contributed by atoms with van der Waals surface area (Å²) in [5, 5.41) is 0.